The third-order valence-electron chi connectivity index (χ3n) is 2.34. The van der Waals surface area contributed by atoms with Crippen LogP contribution in [0.4, 0.5) is 0 Å². The van der Waals surface area contributed by atoms with Crippen molar-refractivity contribution < 1.29 is 9.84 Å². The van der Waals surface area contributed by atoms with Crippen molar-refractivity contribution in [2.24, 2.45) is 0 Å². The molecule has 12 heavy (non-hydrogen) atoms. The first-order valence-electron chi connectivity index (χ1n) is 4.65. The second kappa shape index (κ2) is 4.63. The standard InChI is InChI=1S/C10H18O2/c1-8(11)7-9-5-3-4-6-10(9)12-2/h7-8,10-11H,3-6H2,1-2H3/b9-7+. The van der Waals surface area contributed by atoms with Crippen LogP contribution in [0.3, 0.4) is 0 Å². The predicted octanol–water partition coefficient (Wildman–Crippen LogP) is 1.88. The van der Waals surface area contributed by atoms with E-state index in [4.69, 9.17) is 4.74 Å². The van der Waals surface area contributed by atoms with Gasteiger partial charge >= 0.3 is 0 Å². The summed E-state index contributed by atoms with van der Waals surface area (Å²) in [5, 5.41) is 9.19. The molecule has 2 nitrogen and oxygen atoms in total. The molecule has 1 rings (SSSR count). The molecule has 0 aliphatic heterocycles. The smallest absolute Gasteiger partial charge is 0.0782 e. The Morgan fingerprint density at radius 3 is 2.92 bits per heavy atom. The molecule has 2 heteroatoms. The lowest BCUT2D eigenvalue weighted by atomic mass is 9.91. The lowest BCUT2D eigenvalue weighted by Crippen LogP contribution is -2.19. The quantitative estimate of drug-likeness (QED) is 0.641. The van der Waals surface area contributed by atoms with E-state index in [1.54, 1.807) is 14.0 Å². The lowest BCUT2D eigenvalue weighted by molar-refractivity contribution is 0.107. The maximum atomic E-state index is 9.19. The summed E-state index contributed by atoms with van der Waals surface area (Å²) in [7, 11) is 1.74. The van der Waals surface area contributed by atoms with Gasteiger partial charge in [-0.25, -0.2) is 0 Å². The first-order valence-corrected chi connectivity index (χ1v) is 4.65. The van der Waals surface area contributed by atoms with Gasteiger partial charge in [0.15, 0.2) is 0 Å². The number of hydrogen-bond acceptors (Lipinski definition) is 2. The van der Waals surface area contributed by atoms with Gasteiger partial charge in [0.1, 0.15) is 0 Å². The summed E-state index contributed by atoms with van der Waals surface area (Å²) in [5.74, 6) is 0. The second-order valence-corrected chi connectivity index (χ2v) is 3.45. The van der Waals surface area contributed by atoms with Crippen molar-refractivity contribution in [2.45, 2.75) is 44.8 Å². The van der Waals surface area contributed by atoms with Crippen molar-refractivity contribution in [1.82, 2.24) is 0 Å². The molecule has 0 aromatic rings. The fraction of sp³-hybridized carbons (Fsp3) is 0.800. The van der Waals surface area contributed by atoms with Gasteiger partial charge in [-0.05, 0) is 31.8 Å². The van der Waals surface area contributed by atoms with Crippen LogP contribution in [0.2, 0.25) is 0 Å². The van der Waals surface area contributed by atoms with Gasteiger partial charge in [0.05, 0.1) is 12.2 Å². The van der Waals surface area contributed by atoms with Gasteiger partial charge in [0.2, 0.25) is 0 Å². The molecule has 70 valence electrons. The van der Waals surface area contributed by atoms with Gasteiger partial charge in [0.25, 0.3) is 0 Å². The normalized spacial score (nSPS) is 30.6. The summed E-state index contributed by atoms with van der Waals surface area (Å²) in [5.41, 5.74) is 1.28. The molecule has 0 spiro atoms. The van der Waals surface area contributed by atoms with E-state index in [1.165, 1.54) is 18.4 Å². The van der Waals surface area contributed by atoms with Gasteiger partial charge in [-0.15, -0.1) is 0 Å². The van der Waals surface area contributed by atoms with Gasteiger partial charge in [-0.1, -0.05) is 12.5 Å². The molecule has 2 unspecified atom stereocenters. The average Bonchev–Trinajstić information content (AvgIpc) is 2.04. The predicted molar refractivity (Wildman–Crippen MR) is 49.0 cm³/mol. The molecule has 1 aliphatic rings. The molecule has 0 aromatic carbocycles. The first kappa shape index (κ1) is 9.75. The SMILES string of the molecule is COC1CCCC/C1=C\C(C)O. The minimum absolute atomic E-state index is 0.258. The van der Waals surface area contributed by atoms with Crippen LogP contribution in [-0.4, -0.2) is 24.4 Å². The highest BCUT2D eigenvalue weighted by atomic mass is 16.5. The Balaban J connectivity index is 2.58. The molecule has 1 N–H and O–H groups in total. The molecule has 0 heterocycles. The zero-order chi connectivity index (χ0) is 8.97. The van der Waals surface area contributed by atoms with E-state index >= 15 is 0 Å². The molecule has 0 saturated heterocycles. The van der Waals surface area contributed by atoms with Crippen molar-refractivity contribution >= 4 is 0 Å². The van der Waals surface area contributed by atoms with Gasteiger partial charge in [-0.3, -0.25) is 0 Å². The number of aliphatic hydroxyl groups is 1. The van der Waals surface area contributed by atoms with Crippen LogP contribution in [0.25, 0.3) is 0 Å². The van der Waals surface area contributed by atoms with Crippen molar-refractivity contribution in [3.05, 3.63) is 11.6 Å². The number of aliphatic hydroxyl groups excluding tert-OH is 1. The fourth-order valence-electron chi connectivity index (χ4n) is 1.77. The Bertz CT molecular complexity index is 161. The first-order chi connectivity index (χ1) is 5.74. The molecule has 1 fully saturated rings. The summed E-state index contributed by atoms with van der Waals surface area (Å²) >= 11 is 0. The van der Waals surface area contributed by atoms with E-state index in [0.717, 1.165) is 12.8 Å². The van der Waals surface area contributed by atoms with E-state index in [2.05, 4.69) is 0 Å². The molecule has 1 saturated carbocycles. The van der Waals surface area contributed by atoms with Crippen molar-refractivity contribution in [3.8, 4) is 0 Å². The molecule has 1 aliphatic carbocycles. The second-order valence-electron chi connectivity index (χ2n) is 3.45. The number of methoxy groups -OCH3 is 1. The molecular weight excluding hydrogens is 152 g/mol. The summed E-state index contributed by atoms with van der Waals surface area (Å²) in [6, 6.07) is 0. The summed E-state index contributed by atoms with van der Waals surface area (Å²) in [4.78, 5) is 0. The Morgan fingerprint density at radius 1 is 1.58 bits per heavy atom. The van der Waals surface area contributed by atoms with Crippen LogP contribution in [-0.2, 0) is 4.74 Å². The largest absolute Gasteiger partial charge is 0.389 e. The summed E-state index contributed by atoms with van der Waals surface area (Å²) < 4.78 is 5.33. The minimum Gasteiger partial charge on any atom is -0.389 e. The minimum atomic E-state index is -0.337. The van der Waals surface area contributed by atoms with Crippen molar-refractivity contribution in [1.29, 1.82) is 0 Å². The fourth-order valence-corrected chi connectivity index (χ4v) is 1.77. The van der Waals surface area contributed by atoms with Crippen molar-refractivity contribution in [3.63, 3.8) is 0 Å². The Morgan fingerprint density at radius 2 is 2.33 bits per heavy atom. The summed E-state index contributed by atoms with van der Waals surface area (Å²) in [6.45, 7) is 1.79. The maximum Gasteiger partial charge on any atom is 0.0782 e. The average molecular weight is 170 g/mol. The number of hydrogen-bond donors (Lipinski definition) is 1. The van der Waals surface area contributed by atoms with Crippen molar-refractivity contribution in [2.75, 3.05) is 7.11 Å². The van der Waals surface area contributed by atoms with E-state index in [-0.39, 0.29) is 12.2 Å². The monoisotopic (exact) mass is 170 g/mol. The molecule has 0 amide bonds. The molecule has 2 atom stereocenters. The van der Waals surface area contributed by atoms with Gasteiger partial charge in [0, 0.05) is 7.11 Å². The van der Waals surface area contributed by atoms with Crippen LogP contribution < -0.4 is 0 Å². The van der Waals surface area contributed by atoms with Crippen LogP contribution >= 0.6 is 0 Å². The number of ether oxygens (including phenoxy) is 1. The van der Waals surface area contributed by atoms with Crippen LogP contribution in [0.15, 0.2) is 11.6 Å². The third-order valence-corrected chi connectivity index (χ3v) is 2.34. The highest BCUT2D eigenvalue weighted by Crippen LogP contribution is 2.25. The van der Waals surface area contributed by atoms with E-state index < -0.39 is 0 Å². The molecular formula is C10H18O2. The topological polar surface area (TPSA) is 29.5 Å². The highest BCUT2D eigenvalue weighted by Gasteiger charge is 2.17. The highest BCUT2D eigenvalue weighted by molar-refractivity contribution is 5.12. The van der Waals surface area contributed by atoms with Crippen LogP contribution in [0.5, 0.6) is 0 Å². The van der Waals surface area contributed by atoms with Gasteiger partial charge in [-0.2, -0.15) is 0 Å². The summed E-state index contributed by atoms with van der Waals surface area (Å²) in [6.07, 6.45) is 6.52. The van der Waals surface area contributed by atoms with E-state index in [9.17, 15) is 5.11 Å². The molecule has 0 aromatic heterocycles. The van der Waals surface area contributed by atoms with E-state index in [0.29, 0.717) is 0 Å². The lowest BCUT2D eigenvalue weighted by Gasteiger charge is -2.24. The van der Waals surface area contributed by atoms with Gasteiger partial charge < -0.3 is 9.84 Å². The Kier molecular flexibility index (Phi) is 3.76. The molecule has 0 bridgehead atoms. The van der Waals surface area contributed by atoms with Crippen LogP contribution in [0, 0.1) is 0 Å². The number of rotatable bonds is 2. The third kappa shape index (κ3) is 2.61. The maximum absolute atomic E-state index is 9.19. The van der Waals surface area contributed by atoms with E-state index in [1.807, 2.05) is 6.08 Å². The zero-order valence-corrected chi connectivity index (χ0v) is 7.92. The zero-order valence-electron chi connectivity index (χ0n) is 7.92. The Hall–Kier alpha value is -0.340. The molecule has 0 radical (unpaired) electrons. The van der Waals surface area contributed by atoms with Crippen LogP contribution in [0.1, 0.15) is 32.6 Å². The Labute approximate surface area is 74.2 Å².